The summed E-state index contributed by atoms with van der Waals surface area (Å²) in [5.74, 6) is -2.06. The van der Waals surface area contributed by atoms with Gasteiger partial charge < -0.3 is 5.32 Å². The third-order valence-corrected chi connectivity index (χ3v) is 3.56. The van der Waals surface area contributed by atoms with Gasteiger partial charge in [0.15, 0.2) is 11.6 Å². The van der Waals surface area contributed by atoms with Crippen LogP contribution in [0.1, 0.15) is 19.4 Å². The zero-order valence-corrected chi connectivity index (χ0v) is 11.3. The van der Waals surface area contributed by atoms with Gasteiger partial charge in [0.1, 0.15) is 0 Å². The number of benzene rings is 1. The maximum atomic E-state index is 12.9. The molecule has 5 heteroatoms. The molecule has 0 atom stereocenters. The monoisotopic (exact) mass is 305 g/mol. The maximum Gasteiger partial charge on any atom is 0.224 e. The molecule has 0 saturated heterocycles. The summed E-state index contributed by atoms with van der Waals surface area (Å²) in [4.78, 5) is 11.6. The second-order valence-electron chi connectivity index (χ2n) is 4.49. The number of amides is 1. The van der Waals surface area contributed by atoms with Crippen LogP contribution in [-0.2, 0) is 11.2 Å². The molecule has 17 heavy (non-hydrogen) atoms. The van der Waals surface area contributed by atoms with E-state index in [1.165, 1.54) is 6.07 Å². The Bertz CT molecular complexity index is 421. The lowest BCUT2D eigenvalue weighted by Crippen LogP contribution is -2.45. The van der Waals surface area contributed by atoms with Crippen molar-refractivity contribution in [3.8, 4) is 0 Å². The van der Waals surface area contributed by atoms with Crippen LogP contribution in [0.15, 0.2) is 18.2 Å². The molecule has 2 nitrogen and oxygen atoms in total. The largest absolute Gasteiger partial charge is 0.350 e. The molecule has 0 fully saturated rings. The summed E-state index contributed by atoms with van der Waals surface area (Å²) in [6.45, 7) is 3.73. The average molecular weight is 306 g/mol. The summed E-state index contributed by atoms with van der Waals surface area (Å²) in [5, 5.41) is 3.40. The first-order chi connectivity index (χ1) is 7.84. The molecule has 94 valence electrons. The Kier molecular flexibility index (Phi) is 4.62. The van der Waals surface area contributed by atoms with E-state index in [0.717, 1.165) is 12.1 Å². The summed E-state index contributed by atoms with van der Waals surface area (Å²) < 4.78 is 25.6. The second kappa shape index (κ2) is 5.58. The van der Waals surface area contributed by atoms with Gasteiger partial charge in [-0.15, -0.1) is 0 Å². The zero-order valence-electron chi connectivity index (χ0n) is 9.69. The lowest BCUT2D eigenvalue weighted by Gasteiger charge is -2.23. The molecule has 0 aliphatic carbocycles. The molecule has 1 amide bonds. The van der Waals surface area contributed by atoms with Crippen molar-refractivity contribution in [1.29, 1.82) is 0 Å². The molecule has 0 aliphatic heterocycles. The minimum absolute atomic E-state index is 0.0353. The molecule has 1 N–H and O–H groups in total. The molecule has 0 radical (unpaired) electrons. The lowest BCUT2D eigenvalue weighted by atomic mass is 10.1. The number of carbonyl (C=O) groups excluding carboxylic acids is 1. The molecule has 0 aromatic heterocycles. The molecule has 1 aromatic rings. The van der Waals surface area contributed by atoms with Gasteiger partial charge in [-0.25, -0.2) is 8.78 Å². The van der Waals surface area contributed by atoms with E-state index in [1.54, 1.807) is 0 Å². The highest BCUT2D eigenvalue weighted by atomic mass is 79.9. The van der Waals surface area contributed by atoms with Crippen molar-refractivity contribution in [2.75, 3.05) is 5.33 Å². The highest BCUT2D eigenvalue weighted by Crippen LogP contribution is 2.11. The highest BCUT2D eigenvalue weighted by Gasteiger charge is 2.18. The van der Waals surface area contributed by atoms with E-state index < -0.39 is 11.6 Å². The normalized spacial score (nSPS) is 11.4. The number of rotatable bonds is 4. The second-order valence-corrected chi connectivity index (χ2v) is 5.05. The summed E-state index contributed by atoms with van der Waals surface area (Å²) in [7, 11) is 0. The Hall–Kier alpha value is -0.970. The fraction of sp³-hybridized carbons (Fsp3) is 0.417. The summed E-state index contributed by atoms with van der Waals surface area (Å²) in [5.41, 5.74) is 0.0853. The van der Waals surface area contributed by atoms with Crippen LogP contribution in [-0.4, -0.2) is 16.8 Å². The Morgan fingerprint density at radius 2 is 2.00 bits per heavy atom. The molecule has 1 aromatic carbocycles. The minimum Gasteiger partial charge on any atom is -0.350 e. The third-order valence-electron chi connectivity index (χ3n) is 2.16. The number of hydrogen-bond acceptors (Lipinski definition) is 1. The van der Waals surface area contributed by atoms with E-state index in [-0.39, 0.29) is 17.9 Å². The van der Waals surface area contributed by atoms with Gasteiger partial charge >= 0.3 is 0 Å². The van der Waals surface area contributed by atoms with Crippen LogP contribution in [0.25, 0.3) is 0 Å². The van der Waals surface area contributed by atoms with Crippen molar-refractivity contribution in [1.82, 2.24) is 5.32 Å². The predicted octanol–water partition coefficient (Wildman–Crippen LogP) is 2.80. The van der Waals surface area contributed by atoms with Crippen molar-refractivity contribution in [2.24, 2.45) is 0 Å². The fourth-order valence-electron chi connectivity index (χ4n) is 1.29. The van der Waals surface area contributed by atoms with Crippen molar-refractivity contribution >= 4 is 21.8 Å². The van der Waals surface area contributed by atoms with Crippen molar-refractivity contribution in [3.05, 3.63) is 35.4 Å². The number of halogens is 3. The van der Waals surface area contributed by atoms with Crippen LogP contribution in [0.5, 0.6) is 0 Å². The molecule has 0 unspecified atom stereocenters. The standard InChI is InChI=1S/C12H14BrF2NO/c1-12(2,7-13)16-11(17)6-8-3-4-9(14)10(15)5-8/h3-5H,6-7H2,1-2H3,(H,16,17). The summed E-state index contributed by atoms with van der Waals surface area (Å²) >= 11 is 3.28. The van der Waals surface area contributed by atoms with Crippen LogP contribution in [0.2, 0.25) is 0 Å². The van der Waals surface area contributed by atoms with E-state index in [4.69, 9.17) is 0 Å². The summed E-state index contributed by atoms with van der Waals surface area (Å²) in [6, 6.07) is 3.46. The molecule has 1 rings (SSSR count). The molecular formula is C12H14BrF2NO. The van der Waals surface area contributed by atoms with E-state index >= 15 is 0 Å². The van der Waals surface area contributed by atoms with E-state index in [2.05, 4.69) is 21.2 Å². The Morgan fingerprint density at radius 3 is 2.53 bits per heavy atom. The first-order valence-corrected chi connectivity index (χ1v) is 6.27. The van der Waals surface area contributed by atoms with E-state index in [0.29, 0.717) is 10.9 Å². The van der Waals surface area contributed by atoms with Crippen molar-refractivity contribution in [2.45, 2.75) is 25.8 Å². The molecule has 0 aliphatic rings. The lowest BCUT2D eigenvalue weighted by molar-refractivity contribution is -0.121. The van der Waals surface area contributed by atoms with Crippen LogP contribution in [0.4, 0.5) is 8.78 Å². The Balaban J connectivity index is 2.65. The van der Waals surface area contributed by atoms with Crippen LogP contribution >= 0.6 is 15.9 Å². The molecular weight excluding hydrogens is 292 g/mol. The maximum absolute atomic E-state index is 12.9. The van der Waals surface area contributed by atoms with E-state index in [9.17, 15) is 13.6 Å². The smallest absolute Gasteiger partial charge is 0.224 e. The minimum atomic E-state index is -0.935. The number of carbonyl (C=O) groups is 1. The molecule has 0 spiro atoms. The average Bonchev–Trinajstić information content (AvgIpc) is 2.23. The quantitative estimate of drug-likeness (QED) is 0.852. The van der Waals surface area contributed by atoms with Gasteiger partial charge in [0.05, 0.1) is 6.42 Å². The predicted molar refractivity (Wildman–Crippen MR) is 66.1 cm³/mol. The van der Waals surface area contributed by atoms with Crippen LogP contribution in [0, 0.1) is 11.6 Å². The van der Waals surface area contributed by atoms with Crippen LogP contribution < -0.4 is 5.32 Å². The number of alkyl halides is 1. The van der Waals surface area contributed by atoms with Gasteiger partial charge in [-0.2, -0.15) is 0 Å². The van der Waals surface area contributed by atoms with Crippen LogP contribution in [0.3, 0.4) is 0 Å². The molecule has 0 saturated carbocycles. The fourth-order valence-corrected chi connectivity index (χ4v) is 1.43. The Labute approximate surface area is 108 Å². The number of hydrogen-bond donors (Lipinski definition) is 1. The third kappa shape index (κ3) is 4.42. The first kappa shape index (κ1) is 14.1. The first-order valence-electron chi connectivity index (χ1n) is 5.15. The van der Waals surface area contributed by atoms with E-state index in [1.807, 2.05) is 13.8 Å². The molecule has 0 bridgehead atoms. The number of nitrogens with one attached hydrogen (secondary N) is 1. The van der Waals surface area contributed by atoms with Crippen molar-refractivity contribution < 1.29 is 13.6 Å². The van der Waals surface area contributed by atoms with Crippen molar-refractivity contribution in [3.63, 3.8) is 0 Å². The van der Waals surface area contributed by atoms with Gasteiger partial charge in [-0.05, 0) is 31.5 Å². The van der Waals surface area contributed by atoms with Gasteiger partial charge in [0, 0.05) is 10.9 Å². The zero-order chi connectivity index (χ0) is 13.1. The van der Waals surface area contributed by atoms with Gasteiger partial charge in [-0.3, -0.25) is 4.79 Å². The summed E-state index contributed by atoms with van der Waals surface area (Å²) in [6.07, 6.45) is 0.0353. The van der Waals surface area contributed by atoms with Gasteiger partial charge in [0.25, 0.3) is 0 Å². The van der Waals surface area contributed by atoms with Gasteiger partial charge in [-0.1, -0.05) is 22.0 Å². The Morgan fingerprint density at radius 1 is 1.35 bits per heavy atom. The molecule has 0 heterocycles. The highest BCUT2D eigenvalue weighted by molar-refractivity contribution is 9.09. The topological polar surface area (TPSA) is 29.1 Å². The SMILES string of the molecule is CC(C)(CBr)NC(=O)Cc1ccc(F)c(F)c1. The van der Waals surface area contributed by atoms with Gasteiger partial charge in [0.2, 0.25) is 5.91 Å².